The lowest BCUT2D eigenvalue weighted by molar-refractivity contribution is -0.121. The molecule has 6 heteroatoms. The minimum Gasteiger partial charge on any atom is -0.349 e. The van der Waals surface area contributed by atoms with Crippen LogP contribution < -0.4 is 5.32 Å². The quantitative estimate of drug-likeness (QED) is 0.736. The summed E-state index contributed by atoms with van der Waals surface area (Å²) in [5, 5.41) is 2.86. The number of hydrogen-bond donors (Lipinski definition) is 2. The van der Waals surface area contributed by atoms with Gasteiger partial charge in [0.15, 0.2) is 0 Å². The third-order valence-corrected chi connectivity index (χ3v) is 3.05. The smallest absolute Gasteiger partial charge is 0.222 e. The number of carbonyl (C=O) groups is 1. The molecule has 0 atom stereocenters. The Labute approximate surface area is 115 Å². The number of fused-ring (bicyclic) bond motifs is 1. The fraction of sp³-hybridized carbons (Fsp3) is 0.214. The van der Waals surface area contributed by atoms with E-state index in [9.17, 15) is 4.79 Å². The van der Waals surface area contributed by atoms with Crippen molar-refractivity contribution < 1.29 is 4.79 Å². The lowest BCUT2D eigenvalue weighted by Crippen LogP contribution is -2.24. The van der Waals surface area contributed by atoms with E-state index in [4.69, 9.17) is 0 Å². The van der Waals surface area contributed by atoms with Gasteiger partial charge in [0.1, 0.15) is 5.82 Å². The zero-order valence-electron chi connectivity index (χ0n) is 10.9. The Morgan fingerprint density at radius 3 is 3.05 bits per heavy atom. The maximum atomic E-state index is 11.7. The summed E-state index contributed by atoms with van der Waals surface area (Å²) in [6.45, 7) is 1.05. The fourth-order valence-electron chi connectivity index (χ4n) is 2.01. The first-order valence-electron chi connectivity index (χ1n) is 6.47. The Kier molecular flexibility index (Phi) is 3.45. The highest BCUT2D eigenvalue weighted by Crippen LogP contribution is 2.09. The van der Waals surface area contributed by atoms with Crippen molar-refractivity contribution in [3.8, 4) is 0 Å². The molecule has 2 N–H and O–H groups in total. The average molecular weight is 269 g/mol. The van der Waals surface area contributed by atoms with Gasteiger partial charge in [-0.2, -0.15) is 0 Å². The molecule has 0 saturated carbocycles. The zero-order chi connectivity index (χ0) is 13.8. The fourth-order valence-corrected chi connectivity index (χ4v) is 2.01. The van der Waals surface area contributed by atoms with Crippen LogP contribution in [0, 0.1) is 0 Å². The number of H-pyrrole nitrogens is 1. The van der Waals surface area contributed by atoms with Gasteiger partial charge in [0.2, 0.25) is 5.91 Å². The van der Waals surface area contributed by atoms with Crippen LogP contribution in [0.2, 0.25) is 0 Å². The van der Waals surface area contributed by atoms with E-state index < -0.39 is 0 Å². The number of para-hydroxylation sites is 2. The number of amides is 1. The molecular weight excluding hydrogens is 254 g/mol. The van der Waals surface area contributed by atoms with Gasteiger partial charge in [0.25, 0.3) is 0 Å². The predicted octanol–water partition coefficient (Wildman–Crippen LogP) is 1.47. The second-order valence-electron chi connectivity index (χ2n) is 4.53. The Bertz CT molecular complexity index is 668. The molecule has 0 aliphatic rings. The van der Waals surface area contributed by atoms with Crippen molar-refractivity contribution in [2.45, 2.75) is 19.5 Å². The highest BCUT2D eigenvalue weighted by atomic mass is 16.1. The number of aromatic nitrogens is 4. The molecule has 20 heavy (non-hydrogen) atoms. The van der Waals surface area contributed by atoms with Crippen LogP contribution in [-0.2, 0) is 17.9 Å². The van der Waals surface area contributed by atoms with Gasteiger partial charge in [-0.1, -0.05) is 12.1 Å². The van der Waals surface area contributed by atoms with Gasteiger partial charge >= 0.3 is 0 Å². The van der Waals surface area contributed by atoms with Gasteiger partial charge in [0.05, 0.1) is 23.9 Å². The van der Waals surface area contributed by atoms with Gasteiger partial charge < -0.3 is 14.9 Å². The molecule has 0 unspecified atom stereocenters. The molecular formula is C14H15N5O. The minimum atomic E-state index is -0.000781. The topological polar surface area (TPSA) is 75.6 Å². The third-order valence-electron chi connectivity index (χ3n) is 3.05. The number of nitrogens with zero attached hydrogens (tertiary/aromatic N) is 3. The van der Waals surface area contributed by atoms with Crippen molar-refractivity contribution >= 4 is 16.9 Å². The zero-order valence-corrected chi connectivity index (χ0v) is 10.9. The number of nitrogens with one attached hydrogen (secondary N) is 2. The molecule has 0 aliphatic heterocycles. The van der Waals surface area contributed by atoms with E-state index in [2.05, 4.69) is 20.3 Å². The maximum absolute atomic E-state index is 11.7. The number of benzene rings is 1. The molecule has 0 bridgehead atoms. The second kappa shape index (κ2) is 5.56. The van der Waals surface area contributed by atoms with Gasteiger partial charge in [-0.15, -0.1) is 0 Å². The van der Waals surface area contributed by atoms with E-state index >= 15 is 0 Å². The Morgan fingerprint density at radius 2 is 2.25 bits per heavy atom. The maximum Gasteiger partial charge on any atom is 0.222 e. The van der Waals surface area contributed by atoms with Crippen LogP contribution >= 0.6 is 0 Å². The van der Waals surface area contributed by atoms with Gasteiger partial charge in [-0.3, -0.25) is 4.79 Å². The molecule has 2 heterocycles. The van der Waals surface area contributed by atoms with Crippen LogP contribution in [-0.4, -0.2) is 25.4 Å². The minimum absolute atomic E-state index is 0.000781. The molecule has 1 aromatic carbocycles. The van der Waals surface area contributed by atoms with E-state index in [1.54, 1.807) is 12.5 Å². The van der Waals surface area contributed by atoms with E-state index in [0.29, 0.717) is 19.5 Å². The number of aromatic amines is 1. The standard InChI is InChI=1S/C14H15N5O/c20-14(5-7-19-8-6-15-10-19)16-9-13-17-11-3-1-2-4-12(11)18-13/h1-4,6,8,10H,5,7,9H2,(H,16,20)(H,17,18). The molecule has 0 fully saturated rings. The molecule has 3 rings (SSSR count). The summed E-state index contributed by atoms with van der Waals surface area (Å²) in [5.41, 5.74) is 1.89. The van der Waals surface area contributed by atoms with E-state index in [0.717, 1.165) is 16.9 Å². The SMILES string of the molecule is O=C(CCn1ccnc1)NCc1nc2ccccc2[nH]1. The molecule has 1 amide bonds. The monoisotopic (exact) mass is 269 g/mol. The Balaban J connectivity index is 1.52. The number of carbonyl (C=O) groups excluding carboxylic acids is 1. The molecule has 0 spiro atoms. The van der Waals surface area contributed by atoms with Crippen molar-refractivity contribution in [3.63, 3.8) is 0 Å². The predicted molar refractivity (Wildman–Crippen MR) is 74.8 cm³/mol. The van der Waals surface area contributed by atoms with Crippen LogP contribution in [0.5, 0.6) is 0 Å². The van der Waals surface area contributed by atoms with Crippen LogP contribution in [0.1, 0.15) is 12.2 Å². The van der Waals surface area contributed by atoms with Crippen LogP contribution in [0.3, 0.4) is 0 Å². The molecule has 6 nitrogen and oxygen atoms in total. The van der Waals surface area contributed by atoms with Crippen molar-refractivity contribution in [1.29, 1.82) is 0 Å². The number of rotatable bonds is 5. The summed E-state index contributed by atoms with van der Waals surface area (Å²) >= 11 is 0. The van der Waals surface area contributed by atoms with Gasteiger partial charge in [-0.25, -0.2) is 9.97 Å². The summed E-state index contributed by atoms with van der Waals surface area (Å²) in [6.07, 6.45) is 5.67. The number of aryl methyl sites for hydroxylation is 1. The Hall–Kier alpha value is -2.63. The third kappa shape index (κ3) is 2.85. The van der Waals surface area contributed by atoms with Crippen molar-refractivity contribution in [2.75, 3.05) is 0 Å². The van der Waals surface area contributed by atoms with Gasteiger partial charge in [0, 0.05) is 25.4 Å². The van der Waals surface area contributed by atoms with E-state index in [-0.39, 0.29) is 5.91 Å². The summed E-state index contributed by atoms with van der Waals surface area (Å²) in [4.78, 5) is 23.3. The first-order chi connectivity index (χ1) is 9.81. The van der Waals surface area contributed by atoms with Crippen LogP contribution in [0.15, 0.2) is 43.0 Å². The second-order valence-corrected chi connectivity index (χ2v) is 4.53. The van der Waals surface area contributed by atoms with Crippen LogP contribution in [0.4, 0.5) is 0 Å². The highest BCUT2D eigenvalue weighted by molar-refractivity contribution is 5.76. The molecule has 102 valence electrons. The Morgan fingerprint density at radius 1 is 1.35 bits per heavy atom. The number of hydrogen-bond acceptors (Lipinski definition) is 3. The van der Waals surface area contributed by atoms with Gasteiger partial charge in [-0.05, 0) is 12.1 Å². The van der Waals surface area contributed by atoms with E-state index in [1.165, 1.54) is 0 Å². The molecule has 0 radical (unpaired) electrons. The summed E-state index contributed by atoms with van der Waals surface area (Å²) in [6, 6.07) is 7.80. The number of imidazole rings is 2. The summed E-state index contributed by atoms with van der Waals surface area (Å²) in [7, 11) is 0. The molecule has 2 aromatic heterocycles. The first kappa shape index (κ1) is 12.4. The van der Waals surface area contributed by atoms with Crippen molar-refractivity contribution in [1.82, 2.24) is 24.8 Å². The summed E-state index contributed by atoms with van der Waals surface area (Å²) < 4.78 is 1.88. The molecule has 0 saturated heterocycles. The van der Waals surface area contributed by atoms with E-state index in [1.807, 2.05) is 35.0 Å². The first-order valence-corrected chi connectivity index (χ1v) is 6.47. The van der Waals surface area contributed by atoms with Crippen LogP contribution in [0.25, 0.3) is 11.0 Å². The summed E-state index contributed by atoms with van der Waals surface area (Å²) in [5.74, 6) is 0.765. The molecule has 3 aromatic rings. The lowest BCUT2D eigenvalue weighted by atomic mass is 10.3. The molecule has 0 aliphatic carbocycles. The van der Waals surface area contributed by atoms with Crippen molar-refractivity contribution in [3.05, 3.63) is 48.8 Å². The van der Waals surface area contributed by atoms with Crippen molar-refractivity contribution in [2.24, 2.45) is 0 Å². The largest absolute Gasteiger partial charge is 0.349 e. The normalized spacial score (nSPS) is 10.8. The lowest BCUT2D eigenvalue weighted by Gasteiger charge is -2.03. The highest BCUT2D eigenvalue weighted by Gasteiger charge is 2.05. The average Bonchev–Trinajstić information content (AvgIpc) is 3.11.